The maximum atomic E-state index is 10.8. The van der Waals surface area contributed by atoms with Crippen molar-refractivity contribution in [2.75, 3.05) is 12.3 Å². The van der Waals surface area contributed by atoms with Gasteiger partial charge < -0.3 is 5.73 Å². The minimum absolute atomic E-state index is 0.00529. The Morgan fingerprint density at radius 2 is 2.10 bits per heavy atom. The molecule has 5 heteroatoms. The van der Waals surface area contributed by atoms with Crippen LogP contribution in [0.4, 0.5) is 11.4 Å². The van der Waals surface area contributed by atoms with Gasteiger partial charge in [-0.25, -0.2) is 0 Å². The number of nitrogens with two attached hydrogens (primary N) is 1. The van der Waals surface area contributed by atoms with Gasteiger partial charge in [0.15, 0.2) is 0 Å². The van der Waals surface area contributed by atoms with Crippen LogP contribution in [0.15, 0.2) is 18.2 Å². The summed E-state index contributed by atoms with van der Waals surface area (Å²) in [5, 5.41) is 10.8. The van der Waals surface area contributed by atoms with E-state index in [0.29, 0.717) is 6.04 Å². The second kappa shape index (κ2) is 5.40. The lowest BCUT2D eigenvalue weighted by molar-refractivity contribution is -0.383. The summed E-state index contributed by atoms with van der Waals surface area (Å²) in [5.74, 6) is 0.860. The van der Waals surface area contributed by atoms with E-state index in [1.54, 1.807) is 6.07 Å². The van der Waals surface area contributed by atoms with Gasteiger partial charge in [-0.1, -0.05) is 18.9 Å². The Balaban J connectivity index is 1.72. The molecule has 0 amide bonds. The fourth-order valence-corrected chi connectivity index (χ4v) is 3.80. The molecule has 2 N–H and O–H groups in total. The Morgan fingerprint density at radius 3 is 2.85 bits per heavy atom. The molecule has 0 bridgehead atoms. The quantitative estimate of drug-likeness (QED) is 0.523. The van der Waals surface area contributed by atoms with Crippen molar-refractivity contribution < 1.29 is 4.92 Å². The number of rotatable bonds is 3. The van der Waals surface area contributed by atoms with E-state index in [-0.39, 0.29) is 11.4 Å². The highest BCUT2D eigenvalue weighted by Crippen LogP contribution is 2.37. The number of fused-ring (bicyclic) bond motifs is 1. The van der Waals surface area contributed by atoms with Crippen LogP contribution in [0.2, 0.25) is 0 Å². The second-order valence-electron chi connectivity index (χ2n) is 6.02. The van der Waals surface area contributed by atoms with Crippen molar-refractivity contribution in [1.29, 1.82) is 0 Å². The Kier molecular flexibility index (Phi) is 3.61. The van der Waals surface area contributed by atoms with Crippen LogP contribution in [0.25, 0.3) is 0 Å². The van der Waals surface area contributed by atoms with Gasteiger partial charge in [-0.2, -0.15) is 0 Å². The van der Waals surface area contributed by atoms with E-state index in [9.17, 15) is 10.1 Å². The second-order valence-corrected chi connectivity index (χ2v) is 6.02. The minimum atomic E-state index is -0.424. The highest BCUT2D eigenvalue weighted by atomic mass is 16.6. The topological polar surface area (TPSA) is 72.4 Å². The van der Waals surface area contributed by atoms with Gasteiger partial charge >= 0.3 is 0 Å². The van der Waals surface area contributed by atoms with Crippen LogP contribution >= 0.6 is 0 Å². The van der Waals surface area contributed by atoms with Crippen molar-refractivity contribution in [3.63, 3.8) is 0 Å². The van der Waals surface area contributed by atoms with Crippen LogP contribution in [0.1, 0.15) is 37.7 Å². The fraction of sp³-hybridized carbons (Fsp3) is 0.600. The summed E-state index contributed by atoms with van der Waals surface area (Å²) in [6.07, 6.45) is 6.67. The van der Waals surface area contributed by atoms with Crippen LogP contribution in [0.3, 0.4) is 0 Å². The SMILES string of the molecule is Nc1cc(CN2CCC3CCCCC32)ccc1[N+](=O)[O-]. The molecule has 0 aromatic heterocycles. The van der Waals surface area contributed by atoms with Crippen molar-refractivity contribution in [2.24, 2.45) is 5.92 Å². The van der Waals surface area contributed by atoms with E-state index in [0.717, 1.165) is 24.6 Å². The van der Waals surface area contributed by atoms with E-state index >= 15 is 0 Å². The molecule has 20 heavy (non-hydrogen) atoms. The first-order valence-electron chi connectivity index (χ1n) is 7.42. The van der Waals surface area contributed by atoms with Gasteiger partial charge in [0.2, 0.25) is 0 Å². The molecule has 5 nitrogen and oxygen atoms in total. The number of nitrogen functional groups attached to an aromatic ring is 1. The molecule has 0 radical (unpaired) electrons. The van der Waals surface area contributed by atoms with Crippen LogP contribution in [-0.2, 0) is 6.54 Å². The predicted molar refractivity (Wildman–Crippen MR) is 78.3 cm³/mol. The average Bonchev–Trinajstić information content (AvgIpc) is 2.82. The molecular weight excluding hydrogens is 254 g/mol. The lowest BCUT2D eigenvalue weighted by Gasteiger charge is -2.31. The van der Waals surface area contributed by atoms with E-state index in [4.69, 9.17) is 5.73 Å². The molecule has 2 atom stereocenters. The van der Waals surface area contributed by atoms with E-state index in [1.807, 2.05) is 6.07 Å². The van der Waals surface area contributed by atoms with Crippen molar-refractivity contribution in [1.82, 2.24) is 4.90 Å². The third-order valence-electron chi connectivity index (χ3n) is 4.80. The van der Waals surface area contributed by atoms with E-state index < -0.39 is 4.92 Å². The summed E-state index contributed by atoms with van der Waals surface area (Å²) in [6.45, 7) is 2.01. The number of hydrogen-bond donors (Lipinski definition) is 1. The van der Waals surface area contributed by atoms with Gasteiger partial charge in [-0.15, -0.1) is 0 Å². The van der Waals surface area contributed by atoms with Gasteiger partial charge in [0, 0.05) is 18.7 Å². The van der Waals surface area contributed by atoms with E-state index in [2.05, 4.69) is 4.90 Å². The third kappa shape index (κ3) is 2.50. The largest absolute Gasteiger partial charge is 0.393 e. The molecule has 1 saturated carbocycles. The molecule has 108 valence electrons. The molecule has 2 fully saturated rings. The maximum Gasteiger partial charge on any atom is 0.292 e. The first-order valence-corrected chi connectivity index (χ1v) is 7.42. The van der Waals surface area contributed by atoms with Crippen LogP contribution in [-0.4, -0.2) is 22.4 Å². The summed E-state index contributed by atoms with van der Waals surface area (Å²) in [6, 6.07) is 5.83. The Hall–Kier alpha value is -1.62. The first-order chi connectivity index (χ1) is 9.65. The van der Waals surface area contributed by atoms with Gasteiger partial charge in [0.05, 0.1) is 4.92 Å². The first kappa shape index (κ1) is 13.4. The highest BCUT2D eigenvalue weighted by molar-refractivity contribution is 5.59. The monoisotopic (exact) mass is 275 g/mol. The molecule has 3 rings (SSSR count). The number of anilines is 1. The fourth-order valence-electron chi connectivity index (χ4n) is 3.80. The van der Waals surface area contributed by atoms with Crippen molar-refractivity contribution in [2.45, 2.75) is 44.7 Å². The molecule has 1 aliphatic carbocycles. The number of hydrogen-bond acceptors (Lipinski definition) is 4. The standard InChI is InChI=1S/C15H21N3O2/c16-13-9-11(5-6-15(13)18(19)20)10-17-8-7-12-3-1-2-4-14(12)17/h5-6,9,12,14H,1-4,7-8,10,16H2. The maximum absolute atomic E-state index is 10.8. The van der Waals surface area contributed by atoms with Crippen molar-refractivity contribution in [3.05, 3.63) is 33.9 Å². The average molecular weight is 275 g/mol. The molecule has 1 heterocycles. The van der Waals surface area contributed by atoms with Gasteiger partial charge in [0.1, 0.15) is 5.69 Å². The molecule has 1 aromatic rings. The van der Waals surface area contributed by atoms with Gasteiger partial charge in [-0.05, 0) is 43.4 Å². The number of nitro groups is 1. The third-order valence-corrected chi connectivity index (χ3v) is 4.80. The zero-order chi connectivity index (χ0) is 14.1. The molecule has 1 aliphatic heterocycles. The summed E-state index contributed by atoms with van der Waals surface area (Å²) in [4.78, 5) is 12.9. The summed E-state index contributed by atoms with van der Waals surface area (Å²) >= 11 is 0. The van der Waals surface area contributed by atoms with Crippen LogP contribution < -0.4 is 5.73 Å². The Labute approximate surface area is 118 Å². The number of likely N-dealkylation sites (tertiary alicyclic amines) is 1. The Bertz CT molecular complexity index is 518. The molecular formula is C15H21N3O2. The molecule has 2 aliphatic rings. The minimum Gasteiger partial charge on any atom is -0.393 e. The number of nitrogens with zero attached hydrogens (tertiary/aromatic N) is 2. The number of nitro benzene ring substituents is 1. The predicted octanol–water partition coefficient (Wildman–Crippen LogP) is 2.94. The van der Waals surface area contributed by atoms with Crippen LogP contribution in [0.5, 0.6) is 0 Å². The summed E-state index contributed by atoms with van der Waals surface area (Å²) < 4.78 is 0. The normalized spacial score (nSPS) is 26.4. The number of benzene rings is 1. The Morgan fingerprint density at radius 1 is 1.30 bits per heavy atom. The molecule has 0 spiro atoms. The van der Waals surface area contributed by atoms with Crippen molar-refractivity contribution >= 4 is 11.4 Å². The zero-order valence-corrected chi connectivity index (χ0v) is 11.6. The summed E-state index contributed by atoms with van der Waals surface area (Å²) in [5.41, 5.74) is 7.13. The van der Waals surface area contributed by atoms with Gasteiger partial charge in [-0.3, -0.25) is 15.0 Å². The highest BCUT2D eigenvalue weighted by Gasteiger charge is 2.35. The smallest absolute Gasteiger partial charge is 0.292 e. The lowest BCUT2D eigenvalue weighted by Crippen LogP contribution is -2.34. The molecule has 2 unspecified atom stereocenters. The lowest BCUT2D eigenvalue weighted by atomic mass is 9.85. The molecule has 1 saturated heterocycles. The summed E-state index contributed by atoms with van der Waals surface area (Å²) in [7, 11) is 0. The zero-order valence-electron chi connectivity index (χ0n) is 11.6. The van der Waals surface area contributed by atoms with Gasteiger partial charge in [0.25, 0.3) is 5.69 Å². The molecule has 1 aromatic carbocycles. The van der Waals surface area contributed by atoms with Crippen molar-refractivity contribution in [3.8, 4) is 0 Å². The van der Waals surface area contributed by atoms with Crippen LogP contribution in [0, 0.1) is 16.0 Å². The van der Waals surface area contributed by atoms with E-state index in [1.165, 1.54) is 38.2 Å².